The van der Waals surface area contributed by atoms with Crippen LogP contribution in [0.25, 0.3) is 71.0 Å². The molecule has 6 aromatic carbocycles. The van der Waals surface area contributed by atoms with Gasteiger partial charge in [-0.15, -0.1) is 0 Å². The minimum absolute atomic E-state index is 0.331. The maximum atomic E-state index is 10.6. The lowest BCUT2D eigenvalue weighted by Gasteiger charge is -2.22. The van der Waals surface area contributed by atoms with Crippen molar-refractivity contribution in [2.75, 3.05) is 0 Å². The normalized spacial score (nSPS) is 11.3. The van der Waals surface area contributed by atoms with E-state index in [1.807, 2.05) is 36.4 Å². The topological polar surface area (TPSA) is 38.0 Å². The molecule has 0 atom stereocenters. The minimum Gasteiger partial charge on any atom is -0.308 e. The predicted molar refractivity (Wildman–Crippen MR) is 172 cm³/mol. The van der Waals surface area contributed by atoms with Crippen molar-refractivity contribution in [2.45, 2.75) is 0 Å². The number of rotatable bonds is 3. The highest BCUT2D eigenvalue weighted by Gasteiger charge is 2.26. The van der Waals surface area contributed by atoms with E-state index >= 15 is 0 Å². The average molecular weight is 535 g/mol. The van der Waals surface area contributed by atoms with Crippen LogP contribution < -0.4 is 0 Å². The monoisotopic (exact) mass is 534 g/mol. The molecular weight excluding hydrogens is 512 g/mol. The maximum absolute atomic E-state index is 10.6. The van der Waals surface area contributed by atoms with Crippen LogP contribution in [0.3, 0.4) is 0 Å². The summed E-state index contributed by atoms with van der Waals surface area (Å²) in [5.41, 5.74) is 8.22. The van der Waals surface area contributed by atoms with Crippen molar-refractivity contribution >= 4 is 49.3 Å². The van der Waals surface area contributed by atoms with Gasteiger partial charge in [-0.2, -0.15) is 5.26 Å². The van der Waals surface area contributed by atoms with Gasteiger partial charge in [-0.05, 0) is 35.9 Å². The van der Waals surface area contributed by atoms with E-state index in [-0.39, 0.29) is 0 Å². The number of nitrogens with zero attached hydrogens (tertiary/aromatic N) is 4. The molecule has 0 fully saturated rings. The summed E-state index contributed by atoms with van der Waals surface area (Å²) < 4.78 is 4.53. The highest BCUT2D eigenvalue weighted by Crippen LogP contribution is 2.46. The molecule has 0 aliphatic carbocycles. The number of fused-ring (bicyclic) bond motifs is 6. The first kappa shape index (κ1) is 23.8. The van der Waals surface area contributed by atoms with E-state index in [2.05, 4.69) is 117 Å². The minimum atomic E-state index is 0.331. The standard InChI is InChI=1S/C38H22N4/c1-40-31-23-36(41-32-19-9-5-15-26(32)27-16-6-10-20-33(27)41)38(37(30(31)24-39)25-13-3-2-4-14-25)42-34-21-11-7-17-28(34)29-18-8-12-22-35(29)42/h2-23H. The Labute approximate surface area is 242 Å². The number of aromatic nitrogens is 2. The van der Waals surface area contributed by atoms with Crippen molar-refractivity contribution < 1.29 is 0 Å². The molecule has 8 rings (SSSR count). The van der Waals surface area contributed by atoms with Crippen LogP contribution in [0, 0.1) is 17.9 Å². The van der Waals surface area contributed by atoms with Crippen molar-refractivity contribution in [1.82, 2.24) is 9.13 Å². The second-order valence-electron chi connectivity index (χ2n) is 10.3. The zero-order valence-electron chi connectivity index (χ0n) is 22.5. The largest absolute Gasteiger partial charge is 0.308 e. The zero-order valence-corrected chi connectivity index (χ0v) is 22.5. The number of hydrogen-bond acceptors (Lipinski definition) is 1. The number of nitriles is 1. The molecule has 2 heterocycles. The molecule has 4 nitrogen and oxygen atoms in total. The zero-order chi connectivity index (χ0) is 28.2. The third-order valence-electron chi connectivity index (χ3n) is 8.18. The van der Waals surface area contributed by atoms with Gasteiger partial charge < -0.3 is 9.13 Å². The first-order valence-corrected chi connectivity index (χ1v) is 13.8. The Morgan fingerprint density at radius 2 is 0.976 bits per heavy atom. The van der Waals surface area contributed by atoms with E-state index in [9.17, 15) is 5.26 Å². The highest BCUT2D eigenvalue weighted by atomic mass is 15.1. The Morgan fingerprint density at radius 3 is 1.43 bits per heavy atom. The summed E-state index contributed by atoms with van der Waals surface area (Å²) in [5.74, 6) is 0. The highest BCUT2D eigenvalue weighted by molar-refractivity contribution is 6.12. The Balaban J connectivity index is 1.68. The van der Waals surface area contributed by atoms with Gasteiger partial charge in [0.25, 0.3) is 0 Å². The molecule has 0 unspecified atom stereocenters. The molecular formula is C38H22N4. The third-order valence-corrected chi connectivity index (χ3v) is 8.18. The molecule has 0 N–H and O–H groups in total. The summed E-state index contributed by atoms with van der Waals surface area (Å²) in [6.07, 6.45) is 0. The molecule has 0 saturated heterocycles. The van der Waals surface area contributed by atoms with E-state index in [1.54, 1.807) is 0 Å². The summed E-state index contributed by atoms with van der Waals surface area (Å²) in [6.45, 7) is 8.16. The Bertz CT molecular complexity index is 2320. The lowest BCUT2D eigenvalue weighted by atomic mass is 9.94. The van der Waals surface area contributed by atoms with Gasteiger partial charge in [0.05, 0.1) is 51.6 Å². The Kier molecular flexibility index (Phi) is 5.22. The van der Waals surface area contributed by atoms with Crippen molar-refractivity contribution in [3.05, 3.63) is 150 Å². The Morgan fingerprint density at radius 1 is 0.548 bits per heavy atom. The third kappa shape index (κ3) is 3.27. The molecule has 0 spiro atoms. The van der Waals surface area contributed by atoms with Crippen molar-refractivity contribution in [3.63, 3.8) is 0 Å². The quantitative estimate of drug-likeness (QED) is 0.208. The van der Waals surface area contributed by atoms with Crippen LogP contribution in [0.15, 0.2) is 133 Å². The smallest absolute Gasteiger partial charge is 0.207 e. The van der Waals surface area contributed by atoms with E-state index in [1.165, 1.54) is 0 Å². The summed E-state index contributed by atoms with van der Waals surface area (Å²) in [6, 6.07) is 47.9. The van der Waals surface area contributed by atoms with Crippen LogP contribution in [0.5, 0.6) is 0 Å². The van der Waals surface area contributed by atoms with Gasteiger partial charge in [0, 0.05) is 27.1 Å². The van der Waals surface area contributed by atoms with Crippen molar-refractivity contribution in [2.24, 2.45) is 0 Å². The molecule has 0 bridgehead atoms. The van der Waals surface area contributed by atoms with Crippen LogP contribution in [-0.2, 0) is 0 Å². The van der Waals surface area contributed by atoms with E-state index in [0.29, 0.717) is 11.3 Å². The van der Waals surface area contributed by atoms with Crippen LogP contribution >= 0.6 is 0 Å². The fraction of sp³-hybridized carbons (Fsp3) is 0. The second kappa shape index (κ2) is 9.24. The first-order valence-electron chi connectivity index (χ1n) is 13.8. The van der Waals surface area contributed by atoms with Crippen LogP contribution in [0.4, 0.5) is 5.69 Å². The Hall–Kier alpha value is -6.10. The van der Waals surface area contributed by atoms with Crippen LogP contribution in [0.1, 0.15) is 5.56 Å². The summed E-state index contributed by atoms with van der Waals surface area (Å²) in [5, 5.41) is 15.1. The lowest BCUT2D eigenvalue weighted by molar-refractivity contribution is 1.10. The van der Waals surface area contributed by atoms with E-state index < -0.39 is 0 Å². The molecule has 0 aliphatic heterocycles. The molecule has 0 amide bonds. The van der Waals surface area contributed by atoms with Crippen molar-refractivity contribution in [1.29, 1.82) is 5.26 Å². The number of hydrogen-bond donors (Lipinski definition) is 0. The van der Waals surface area contributed by atoms with Gasteiger partial charge in [-0.1, -0.05) is 103 Å². The molecule has 0 radical (unpaired) electrons. The average Bonchev–Trinajstić information content (AvgIpc) is 3.57. The molecule has 0 saturated carbocycles. The predicted octanol–water partition coefficient (Wildman–Crippen LogP) is 9.97. The summed E-state index contributed by atoms with van der Waals surface area (Å²) in [4.78, 5) is 3.91. The summed E-state index contributed by atoms with van der Waals surface area (Å²) in [7, 11) is 0. The fourth-order valence-corrected chi connectivity index (χ4v) is 6.47. The van der Waals surface area contributed by atoms with Crippen LogP contribution in [0.2, 0.25) is 0 Å². The second-order valence-corrected chi connectivity index (χ2v) is 10.3. The molecule has 194 valence electrons. The number of para-hydroxylation sites is 4. The molecule has 2 aromatic heterocycles. The number of benzene rings is 6. The van der Waals surface area contributed by atoms with E-state index in [4.69, 9.17) is 6.57 Å². The SMILES string of the molecule is [C-]#[N+]c1cc(-n2c3ccccc3c3ccccc32)c(-n2c3ccccc3c3ccccc32)c(-c2ccccc2)c1C#N. The van der Waals surface area contributed by atoms with Gasteiger partial charge in [0.15, 0.2) is 0 Å². The van der Waals surface area contributed by atoms with Gasteiger partial charge >= 0.3 is 0 Å². The molecule has 4 heteroatoms. The molecule has 0 aliphatic rings. The molecule has 42 heavy (non-hydrogen) atoms. The van der Waals surface area contributed by atoms with E-state index in [0.717, 1.165) is 66.1 Å². The van der Waals surface area contributed by atoms with Gasteiger partial charge in [-0.3, -0.25) is 0 Å². The van der Waals surface area contributed by atoms with Crippen LogP contribution in [-0.4, -0.2) is 9.13 Å². The van der Waals surface area contributed by atoms with Gasteiger partial charge in [0.2, 0.25) is 5.69 Å². The molecule has 8 aromatic rings. The maximum Gasteiger partial charge on any atom is 0.207 e. The first-order chi connectivity index (χ1) is 20.8. The summed E-state index contributed by atoms with van der Waals surface area (Å²) >= 11 is 0. The van der Waals surface area contributed by atoms with Crippen molar-refractivity contribution in [3.8, 4) is 28.6 Å². The lowest BCUT2D eigenvalue weighted by Crippen LogP contribution is -2.07. The van der Waals surface area contributed by atoms with Gasteiger partial charge in [-0.25, -0.2) is 4.85 Å². The van der Waals surface area contributed by atoms with Gasteiger partial charge in [0.1, 0.15) is 0 Å². The fourth-order valence-electron chi connectivity index (χ4n) is 6.47.